The summed E-state index contributed by atoms with van der Waals surface area (Å²) < 4.78 is 10.6. The fraction of sp³-hybridized carbons (Fsp3) is 0.273. The molecule has 0 spiro atoms. The van der Waals surface area contributed by atoms with E-state index in [4.69, 9.17) is 9.15 Å². The predicted octanol–water partition coefficient (Wildman–Crippen LogP) is 3.67. The van der Waals surface area contributed by atoms with E-state index in [-0.39, 0.29) is 12.3 Å². The molecule has 0 fully saturated rings. The van der Waals surface area contributed by atoms with E-state index in [1.165, 1.54) is 0 Å². The van der Waals surface area contributed by atoms with E-state index in [1.807, 2.05) is 50.2 Å². The summed E-state index contributed by atoms with van der Waals surface area (Å²) >= 11 is 0. The van der Waals surface area contributed by atoms with Crippen LogP contribution in [0.2, 0.25) is 0 Å². The molecule has 0 unspecified atom stereocenters. The van der Waals surface area contributed by atoms with Crippen molar-refractivity contribution in [3.05, 3.63) is 75.1 Å². The first-order chi connectivity index (χ1) is 13.0. The molecule has 3 aromatic rings. The normalized spacial score (nSPS) is 10.8. The second kappa shape index (κ2) is 8.08. The monoisotopic (exact) mass is 365 g/mol. The Morgan fingerprint density at radius 3 is 2.70 bits per heavy atom. The molecule has 0 aliphatic rings. The van der Waals surface area contributed by atoms with Crippen molar-refractivity contribution in [2.24, 2.45) is 0 Å². The number of aryl methyl sites for hydroxylation is 2. The molecule has 0 aliphatic carbocycles. The van der Waals surface area contributed by atoms with Gasteiger partial charge in [-0.1, -0.05) is 29.8 Å². The minimum absolute atomic E-state index is 0.0925. The number of carbonyl (C=O) groups is 1. The lowest BCUT2D eigenvalue weighted by Crippen LogP contribution is -2.24. The Morgan fingerprint density at radius 2 is 1.96 bits per heavy atom. The summed E-state index contributed by atoms with van der Waals surface area (Å²) in [5, 5.41) is 3.75. The number of nitrogens with one attached hydrogen (secondary N) is 1. The highest BCUT2D eigenvalue weighted by Gasteiger charge is 2.13. The largest absolute Gasteiger partial charge is 0.497 e. The number of ether oxygens (including phenoxy) is 1. The highest BCUT2D eigenvalue weighted by atomic mass is 16.5. The van der Waals surface area contributed by atoms with Gasteiger partial charge in [0, 0.05) is 30.0 Å². The van der Waals surface area contributed by atoms with Crippen molar-refractivity contribution in [1.29, 1.82) is 0 Å². The summed E-state index contributed by atoms with van der Waals surface area (Å²) in [4.78, 5) is 24.5. The van der Waals surface area contributed by atoms with Crippen LogP contribution < -0.4 is 15.7 Å². The van der Waals surface area contributed by atoms with Crippen LogP contribution in [0.25, 0.3) is 11.0 Å². The number of methoxy groups -OCH3 is 1. The Kier molecular flexibility index (Phi) is 5.60. The smallest absolute Gasteiger partial charge is 0.339 e. The summed E-state index contributed by atoms with van der Waals surface area (Å²) in [6.45, 7) is 4.38. The number of carbonyl (C=O) groups excluding carboxylic acids is 1. The fourth-order valence-corrected chi connectivity index (χ4v) is 3.14. The lowest BCUT2D eigenvalue weighted by atomic mass is 10.0. The molecular weight excluding hydrogens is 342 g/mol. The highest BCUT2D eigenvalue weighted by molar-refractivity contribution is 5.82. The lowest BCUT2D eigenvalue weighted by molar-refractivity contribution is -0.121. The molecule has 0 saturated carbocycles. The van der Waals surface area contributed by atoms with Gasteiger partial charge in [0.25, 0.3) is 0 Å². The van der Waals surface area contributed by atoms with E-state index in [1.54, 1.807) is 13.2 Å². The van der Waals surface area contributed by atoms with Crippen LogP contribution in [0.1, 0.15) is 28.7 Å². The van der Waals surface area contributed by atoms with Crippen molar-refractivity contribution in [1.82, 2.24) is 5.32 Å². The van der Waals surface area contributed by atoms with E-state index in [0.29, 0.717) is 29.9 Å². The van der Waals surface area contributed by atoms with E-state index < -0.39 is 5.63 Å². The van der Waals surface area contributed by atoms with Crippen molar-refractivity contribution in [2.75, 3.05) is 7.11 Å². The molecule has 140 valence electrons. The van der Waals surface area contributed by atoms with Crippen LogP contribution in [0.4, 0.5) is 0 Å². The molecule has 1 heterocycles. The van der Waals surface area contributed by atoms with Crippen LogP contribution in [0, 0.1) is 13.8 Å². The number of amides is 1. The van der Waals surface area contributed by atoms with Crippen molar-refractivity contribution in [2.45, 2.75) is 33.2 Å². The van der Waals surface area contributed by atoms with Crippen LogP contribution in [-0.4, -0.2) is 13.0 Å². The quantitative estimate of drug-likeness (QED) is 0.677. The van der Waals surface area contributed by atoms with Gasteiger partial charge in [0.05, 0.1) is 7.11 Å². The zero-order chi connectivity index (χ0) is 19.4. The van der Waals surface area contributed by atoms with E-state index in [2.05, 4.69) is 5.32 Å². The average Bonchev–Trinajstić information content (AvgIpc) is 2.65. The minimum atomic E-state index is -0.403. The van der Waals surface area contributed by atoms with Crippen molar-refractivity contribution in [3.63, 3.8) is 0 Å². The molecule has 0 saturated heterocycles. The van der Waals surface area contributed by atoms with Gasteiger partial charge in [-0.15, -0.1) is 0 Å². The molecule has 1 N–H and O–H groups in total. The van der Waals surface area contributed by atoms with Gasteiger partial charge in [0.2, 0.25) is 5.91 Å². The third kappa shape index (κ3) is 4.37. The molecule has 1 aromatic heterocycles. The molecule has 2 aromatic carbocycles. The fourth-order valence-electron chi connectivity index (χ4n) is 3.14. The maximum Gasteiger partial charge on any atom is 0.339 e. The molecule has 3 rings (SSSR count). The van der Waals surface area contributed by atoms with E-state index >= 15 is 0 Å². The number of rotatable bonds is 6. The van der Waals surface area contributed by atoms with Gasteiger partial charge in [0.15, 0.2) is 0 Å². The zero-order valence-electron chi connectivity index (χ0n) is 15.8. The molecule has 0 atom stereocenters. The predicted molar refractivity (Wildman–Crippen MR) is 105 cm³/mol. The van der Waals surface area contributed by atoms with Crippen LogP contribution in [0.5, 0.6) is 5.75 Å². The second-order valence-corrected chi connectivity index (χ2v) is 6.62. The van der Waals surface area contributed by atoms with Crippen molar-refractivity contribution >= 4 is 16.9 Å². The van der Waals surface area contributed by atoms with E-state index in [0.717, 1.165) is 22.1 Å². The Morgan fingerprint density at radius 1 is 1.15 bits per heavy atom. The van der Waals surface area contributed by atoms with Crippen LogP contribution >= 0.6 is 0 Å². The van der Waals surface area contributed by atoms with Crippen molar-refractivity contribution < 1.29 is 13.9 Å². The Hall–Kier alpha value is -3.08. The molecule has 0 bridgehead atoms. The van der Waals surface area contributed by atoms with Crippen molar-refractivity contribution in [3.8, 4) is 5.75 Å². The second-order valence-electron chi connectivity index (χ2n) is 6.62. The number of benzene rings is 2. The highest BCUT2D eigenvalue weighted by Crippen LogP contribution is 2.24. The first-order valence-electron chi connectivity index (χ1n) is 8.90. The van der Waals surface area contributed by atoms with Crippen LogP contribution in [0.3, 0.4) is 0 Å². The Bertz CT molecular complexity index is 1040. The van der Waals surface area contributed by atoms with Gasteiger partial charge >= 0.3 is 5.63 Å². The van der Waals surface area contributed by atoms with Gasteiger partial charge in [-0.2, -0.15) is 0 Å². The minimum Gasteiger partial charge on any atom is -0.497 e. The number of hydrogen-bond donors (Lipinski definition) is 1. The van der Waals surface area contributed by atoms with Crippen LogP contribution in [-0.2, 0) is 17.8 Å². The summed E-state index contributed by atoms with van der Waals surface area (Å²) in [5.41, 5.74) is 3.68. The standard InChI is InChI=1S/C22H23NO4/c1-14-5-4-6-16(11-14)13-23-21(24)10-9-19-15(2)18-8-7-17(26-3)12-20(18)27-22(19)25/h4-8,11-12H,9-10,13H2,1-3H3,(H,23,24). The Labute approximate surface area is 158 Å². The third-order valence-corrected chi connectivity index (χ3v) is 4.67. The van der Waals surface area contributed by atoms with E-state index in [9.17, 15) is 9.59 Å². The first kappa shape index (κ1) is 18.7. The van der Waals surface area contributed by atoms with Crippen LogP contribution in [0.15, 0.2) is 51.7 Å². The molecule has 5 nitrogen and oxygen atoms in total. The third-order valence-electron chi connectivity index (χ3n) is 4.67. The summed E-state index contributed by atoms with van der Waals surface area (Å²) in [7, 11) is 1.57. The van der Waals surface area contributed by atoms with Gasteiger partial charge in [-0.25, -0.2) is 4.79 Å². The SMILES string of the molecule is COc1ccc2c(C)c(CCC(=O)NCc3cccc(C)c3)c(=O)oc2c1. The first-order valence-corrected chi connectivity index (χ1v) is 8.90. The number of hydrogen-bond acceptors (Lipinski definition) is 4. The summed E-state index contributed by atoms with van der Waals surface area (Å²) in [5.74, 6) is 0.540. The topological polar surface area (TPSA) is 68.5 Å². The summed E-state index contributed by atoms with van der Waals surface area (Å²) in [6.07, 6.45) is 0.578. The molecular formula is C22H23NO4. The van der Waals surface area contributed by atoms with Gasteiger partial charge in [-0.05, 0) is 43.5 Å². The molecule has 27 heavy (non-hydrogen) atoms. The van der Waals surface area contributed by atoms with Gasteiger partial charge < -0.3 is 14.5 Å². The molecule has 0 radical (unpaired) electrons. The number of fused-ring (bicyclic) bond motifs is 1. The van der Waals surface area contributed by atoms with Gasteiger partial charge in [-0.3, -0.25) is 4.79 Å². The molecule has 1 amide bonds. The average molecular weight is 365 g/mol. The Balaban J connectivity index is 1.69. The summed E-state index contributed by atoms with van der Waals surface area (Å²) in [6, 6.07) is 13.4. The molecule has 0 aliphatic heterocycles. The maximum atomic E-state index is 12.3. The molecule has 5 heteroatoms. The zero-order valence-corrected chi connectivity index (χ0v) is 15.8. The maximum absolute atomic E-state index is 12.3. The van der Waals surface area contributed by atoms with Gasteiger partial charge in [0.1, 0.15) is 11.3 Å². The lowest BCUT2D eigenvalue weighted by Gasteiger charge is -2.09.